The van der Waals surface area contributed by atoms with E-state index in [1.807, 2.05) is 0 Å². The summed E-state index contributed by atoms with van der Waals surface area (Å²) < 4.78 is 87.5. The van der Waals surface area contributed by atoms with E-state index < -0.39 is 47.1 Å². The van der Waals surface area contributed by atoms with Crippen LogP contribution in [0.3, 0.4) is 0 Å². The summed E-state index contributed by atoms with van der Waals surface area (Å²) in [7, 11) is 1.22. The summed E-state index contributed by atoms with van der Waals surface area (Å²) in [5.74, 6) is -1.76. The summed E-state index contributed by atoms with van der Waals surface area (Å²) in [4.78, 5) is 26.3. The summed E-state index contributed by atoms with van der Waals surface area (Å²) in [5.41, 5.74) is -2.07. The zero-order valence-corrected chi connectivity index (χ0v) is 22.0. The van der Waals surface area contributed by atoms with E-state index >= 15 is 0 Å². The number of nitrogens with zero attached hydrogens (tertiary/aromatic N) is 3. The van der Waals surface area contributed by atoms with Crippen LogP contribution in [0.2, 0.25) is 0 Å². The molecule has 1 unspecified atom stereocenters. The molecule has 3 aromatic rings. The highest BCUT2D eigenvalue weighted by Crippen LogP contribution is 2.39. The van der Waals surface area contributed by atoms with Crippen molar-refractivity contribution < 1.29 is 40.7 Å². The van der Waals surface area contributed by atoms with Gasteiger partial charge in [-0.3, -0.25) is 4.79 Å². The van der Waals surface area contributed by atoms with Crippen molar-refractivity contribution in [3.05, 3.63) is 80.4 Å². The molecule has 2 heterocycles. The van der Waals surface area contributed by atoms with Gasteiger partial charge in [0.15, 0.2) is 5.69 Å². The highest BCUT2D eigenvalue weighted by molar-refractivity contribution is 9.10. The lowest BCUT2D eigenvalue weighted by Crippen LogP contribution is -2.31. The van der Waals surface area contributed by atoms with Gasteiger partial charge in [-0.15, -0.1) is 0 Å². The van der Waals surface area contributed by atoms with Crippen LogP contribution in [0.1, 0.15) is 56.1 Å². The molecular weight excluding hydrogens is 598 g/mol. The van der Waals surface area contributed by atoms with Crippen molar-refractivity contribution in [2.75, 3.05) is 18.6 Å². The minimum Gasteiger partial charge on any atom is -0.465 e. The standard InChI is InChI=1S/C25H21BrF6N4O3/c1-13(15-3-5-16(6-4-15)23(38)39-2)33-21(37)19-20(25(30,31)32)34-36-8-7-35(22(19)36)12-14-9-17(24(27,28)29)11-18(26)10-14/h3-6,9-11,13H,7-8,12H2,1-2H3,(H,33,37). The molecule has 0 saturated carbocycles. The number of carbonyl (C=O) groups is 2. The fraction of sp³-hybridized carbons (Fsp3) is 0.320. The van der Waals surface area contributed by atoms with Gasteiger partial charge < -0.3 is 15.0 Å². The Kier molecular flexibility index (Phi) is 7.70. The van der Waals surface area contributed by atoms with Gasteiger partial charge in [0.2, 0.25) is 0 Å². The molecule has 0 aliphatic carbocycles. The second-order valence-corrected chi connectivity index (χ2v) is 9.76. The number of carbonyl (C=O) groups excluding carboxylic acids is 2. The molecule has 0 fully saturated rings. The molecule has 0 bridgehead atoms. The Morgan fingerprint density at radius 3 is 2.31 bits per heavy atom. The first-order chi connectivity index (χ1) is 18.2. The topological polar surface area (TPSA) is 76.5 Å². The molecule has 2 aromatic carbocycles. The van der Waals surface area contributed by atoms with E-state index in [4.69, 9.17) is 0 Å². The monoisotopic (exact) mass is 618 g/mol. The van der Waals surface area contributed by atoms with E-state index in [1.54, 1.807) is 6.92 Å². The predicted octanol–water partition coefficient (Wildman–Crippen LogP) is 5.98. The smallest absolute Gasteiger partial charge is 0.436 e. The first kappa shape index (κ1) is 28.5. The van der Waals surface area contributed by atoms with Crippen molar-refractivity contribution in [1.82, 2.24) is 15.1 Å². The third-order valence-electron chi connectivity index (χ3n) is 6.14. The first-order valence-electron chi connectivity index (χ1n) is 11.5. The van der Waals surface area contributed by atoms with Crippen molar-refractivity contribution in [2.24, 2.45) is 0 Å². The molecule has 1 aliphatic heterocycles. The van der Waals surface area contributed by atoms with Crippen molar-refractivity contribution in [3.8, 4) is 0 Å². The van der Waals surface area contributed by atoms with Crippen LogP contribution in [0.5, 0.6) is 0 Å². The van der Waals surface area contributed by atoms with Crippen LogP contribution in [-0.4, -0.2) is 35.3 Å². The normalized spacial score (nSPS) is 14.2. The number of aromatic nitrogens is 2. The molecule has 208 valence electrons. The molecule has 0 spiro atoms. The van der Waals surface area contributed by atoms with Gasteiger partial charge in [0.1, 0.15) is 11.4 Å². The zero-order chi connectivity index (χ0) is 28.7. The largest absolute Gasteiger partial charge is 0.465 e. The molecule has 1 atom stereocenters. The van der Waals surface area contributed by atoms with E-state index in [9.17, 15) is 35.9 Å². The number of hydrogen-bond acceptors (Lipinski definition) is 5. The third kappa shape index (κ3) is 6.05. The zero-order valence-electron chi connectivity index (χ0n) is 20.5. The van der Waals surface area contributed by atoms with Gasteiger partial charge in [0, 0.05) is 17.6 Å². The molecular formula is C25H21BrF6N4O3. The summed E-state index contributed by atoms with van der Waals surface area (Å²) >= 11 is 3.05. The van der Waals surface area contributed by atoms with Crippen molar-refractivity contribution in [3.63, 3.8) is 0 Å². The van der Waals surface area contributed by atoms with Crippen molar-refractivity contribution in [2.45, 2.75) is 38.4 Å². The van der Waals surface area contributed by atoms with E-state index in [1.165, 1.54) is 42.3 Å². The van der Waals surface area contributed by atoms with Crippen LogP contribution < -0.4 is 10.2 Å². The molecule has 4 rings (SSSR count). The maximum Gasteiger partial charge on any atom is 0.436 e. The number of fused-ring (bicyclic) bond motifs is 1. The van der Waals surface area contributed by atoms with E-state index in [0.29, 0.717) is 5.56 Å². The average Bonchev–Trinajstić information content (AvgIpc) is 3.43. The molecule has 1 N–H and O–H groups in total. The number of esters is 1. The molecule has 39 heavy (non-hydrogen) atoms. The van der Waals surface area contributed by atoms with Crippen LogP contribution in [0.4, 0.5) is 32.2 Å². The summed E-state index contributed by atoms with van der Waals surface area (Å²) in [5, 5.41) is 6.15. The third-order valence-corrected chi connectivity index (χ3v) is 6.60. The summed E-state index contributed by atoms with van der Waals surface area (Å²) in [6.45, 7) is 1.52. The number of anilines is 1. The van der Waals surface area contributed by atoms with E-state index in [0.717, 1.165) is 16.8 Å². The Balaban J connectivity index is 1.65. The summed E-state index contributed by atoms with van der Waals surface area (Å²) in [6.07, 6.45) is -9.58. The Hall–Kier alpha value is -3.55. The molecule has 14 heteroatoms. The highest BCUT2D eigenvalue weighted by Gasteiger charge is 2.44. The van der Waals surface area contributed by atoms with Crippen molar-refractivity contribution >= 4 is 33.6 Å². The molecule has 1 aromatic heterocycles. The number of nitrogens with one attached hydrogen (secondary N) is 1. The second-order valence-electron chi connectivity index (χ2n) is 8.84. The average molecular weight is 619 g/mol. The van der Waals surface area contributed by atoms with Crippen LogP contribution in [0.15, 0.2) is 46.9 Å². The molecule has 7 nitrogen and oxygen atoms in total. The molecule has 1 aliphatic rings. The van der Waals surface area contributed by atoms with Crippen molar-refractivity contribution in [1.29, 1.82) is 0 Å². The van der Waals surface area contributed by atoms with E-state index in [2.05, 4.69) is 31.1 Å². The fourth-order valence-corrected chi connectivity index (χ4v) is 4.86. The number of ether oxygens (including phenoxy) is 1. The number of hydrogen-bond donors (Lipinski definition) is 1. The highest BCUT2D eigenvalue weighted by atomic mass is 79.9. The number of methoxy groups -OCH3 is 1. The minimum absolute atomic E-state index is 0.0103. The van der Waals surface area contributed by atoms with Crippen LogP contribution in [0.25, 0.3) is 0 Å². The lowest BCUT2D eigenvalue weighted by molar-refractivity contribution is -0.142. The van der Waals surface area contributed by atoms with Crippen LogP contribution in [-0.2, 0) is 30.2 Å². The SMILES string of the molecule is COC(=O)c1ccc(C(C)NC(=O)c2c(C(F)(F)F)nn3c2N(Cc2cc(Br)cc(C(F)(F)F)c2)CC3)cc1. The Bertz CT molecular complexity index is 1400. The van der Waals surface area contributed by atoms with Crippen LogP contribution >= 0.6 is 15.9 Å². The van der Waals surface area contributed by atoms with Gasteiger partial charge in [-0.25, -0.2) is 9.48 Å². The lowest BCUT2D eigenvalue weighted by atomic mass is 10.1. The molecule has 0 saturated heterocycles. The van der Waals surface area contributed by atoms with Crippen LogP contribution in [0, 0.1) is 0 Å². The number of benzene rings is 2. The quantitative estimate of drug-likeness (QED) is 0.272. The second kappa shape index (κ2) is 10.5. The Morgan fingerprint density at radius 2 is 1.72 bits per heavy atom. The maximum atomic E-state index is 13.9. The van der Waals surface area contributed by atoms with Gasteiger partial charge in [-0.1, -0.05) is 28.1 Å². The van der Waals surface area contributed by atoms with Gasteiger partial charge in [-0.2, -0.15) is 31.4 Å². The predicted molar refractivity (Wildman–Crippen MR) is 131 cm³/mol. The number of rotatable bonds is 6. The van der Waals surface area contributed by atoms with Gasteiger partial charge >= 0.3 is 18.3 Å². The van der Waals surface area contributed by atoms with E-state index in [-0.39, 0.29) is 41.1 Å². The first-order valence-corrected chi connectivity index (χ1v) is 12.3. The molecule has 0 radical (unpaired) electrons. The van der Waals surface area contributed by atoms with Gasteiger partial charge in [-0.05, 0) is 48.4 Å². The Morgan fingerprint density at radius 1 is 1.05 bits per heavy atom. The Labute approximate surface area is 226 Å². The van der Waals surface area contributed by atoms with Gasteiger partial charge in [0.05, 0.1) is 30.8 Å². The fourth-order valence-electron chi connectivity index (χ4n) is 4.32. The molecule has 1 amide bonds. The number of halogens is 7. The lowest BCUT2D eigenvalue weighted by Gasteiger charge is -2.21. The van der Waals surface area contributed by atoms with Gasteiger partial charge in [0.25, 0.3) is 5.91 Å². The minimum atomic E-state index is -4.96. The maximum absolute atomic E-state index is 13.9. The summed E-state index contributed by atoms with van der Waals surface area (Å²) in [6, 6.07) is 8.46. The number of alkyl halides is 6. The number of amides is 1.